The van der Waals surface area contributed by atoms with Crippen LogP contribution in [0, 0.1) is 0 Å². The average Bonchev–Trinajstić information content (AvgIpc) is 2.70. The van der Waals surface area contributed by atoms with Crippen LogP contribution in [0.2, 0.25) is 10.0 Å². The van der Waals surface area contributed by atoms with Gasteiger partial charge in [0, 0.05) is 19.1 Å². The highest BCUT2D eigenvalue weighted by Crippen LogP contribution is 2.22. The Labute approximate surface area is 113 Å². The van der Waals surface area contributed by atoms with Gasteiger partial charge < -0.3 is 10.2 Å². The van der Waals surface area contributed by atoms with Crippen molar-refractivity contribution in [1.29, 1.82) is 0 Å². The predicted molar refractivity (Wildman–Crippen MR) is 73.8 cm³/mol. The first-order valence-corrected chi connectivity index (χ1v) is 6.77. The lowest BCUT2D eigenvalue weighted by Crippen LogP contribution is -2.35. The van der Waals surface area contributed by atoms with Crippen molar-refractivity contribution in [2.45, 2.75) is 25.4 Å². The minimum Gasteiger partial charge on any atom is -0.311 e. The third-order valence-electron chi connectivity index (χ3n) is 3.36. The molecule has 1 unspecified atom stereocenters. The molecule has 1 aliphatic heterocycles. The van der Waals surface area contributed by atoms with E-state index < -0.39 is 0 Å². The number of rotatable bonds is 4. The van der Waals surface area contributed by atoms with Crippen molar-refractivity contribution < 1.29 is 0 Å². The zero-order chi connectivity index (χ0) is 12.3. The fourth-order valence-electron chi connectivity index (χ4n) is 2.27. The van der Waals surface area contributed by atoms with Gasteiger partial charge in [0.2, 0.25) is 0 Å². The van der Waals surface area contributed by atoms with Crippen molar-refractivity contribution in [3.63, 3.8) is 0 Å². The molecule has 94 valence electrons. The van der Waals surface area contributed by atoms with E-state index in [2.05, 4.69) is 17.3 Å². The van der Waals surface area contributed by atoms with Crippen molar-refractivity contribution >= 4 is 23.2 Å². The normalized spacial score (nSPS) is 21.0. The Kier molecular flexibility index (Phi) is 4.69. The van der Waals surface area contributed by atoms with Crippen molar-refractivity contribution in [2.75, 3.05) is 20.1 Å². The highest BCUT2D eigenvalue weighted by molar-refractivity contribution is 6.42. The molecule has 1 aliphatic rings. The van der Waals surface area contributed by atoms with E-state index in [0.29, 0.717) is 16.1 Å². The summed E-state index contributed by atoms with van der Waals surface area (Å²) in [5.74, 6) is 0. The second kappa shape index (κ2) is 6.05. The van der Waals surface area contributed by atoms with Gasteiger partial charge in [-0.15, -0.1) is 0 Å². The van der Waals surface area contributed by atoms with Crippen LogP contribution in [-0.4, -0.2) is 31.1 Å². The second-order valence-corrected chi connectivity index (χ2v) is 5.47. The zero-order valence-corrected chi connectivity index (χ0v) is 11.6. The van der Waals surface area contributed by atoms with E-state index in [1.54, 1.807) is 0 Å². The first kappa shape index (κ1) is 13.2. The maximum atomic E-state index is 5.98. The standard InChI is InChI=1S/C13H18Cl2N2/c1-17-6-2-3-11(17)9-16-8-10-4-5-12(14)13(15)7-10/h4-5,7,11,16H,2-3,6,8-9H2,1H3. The van der Waals surface area contributed by atoms with Crippen LogP contribution in [0.25, 0.3) is 0 Å². The van der Waals surface area contributed by atoms with Crippen LogP contribution in [-0.2, 0) is 6.54 Å². The van der Waals surface area contributed by atoms with Crippen LogP contribution in [0.4, 0.5) is 0 Å². The number of benzene rings is 1. The van der Waals surface area contributed by atoms with Crippen LogP contribution in [0.5, 0.6) is 0 Å². The van der Waals surface area contributed by atoms with E-state index in [9.17, 15) is 0 Å². The molecule has 17 heavy (non-hydrogen) atoms. The molecule has 1 N–H and O–H groups in total. The monoisotopic (exact) mass is 272 g/mol. The summed E-state index contributed by atoms with van der Waals surface area (Å²) in [6.07, 6.45) is 2.61. The fraction of sp³-hybridized carbons (Fsp3) is 0.538. The molecule has 0 bridgehead atoms. The van der Waals surface area contributed by atoms with E-state index >= 15 is 0 Å². The number of likely N-dealkylation sites (N-methyl/N-ethyl adjacent to an activating group) is 1. The van der Waals surface area contributed by atoms with Gasteiger partial charge in [0.25, 0.3) is 0 Å². The first-order chi connectivity index (χ1) is 8.16. The highest BCUT2D eigenvalue weighted by atomic mass is 35.5. The lowest BCUT2D eigenvalue weighted by Gasteiger charge is -2.19. The Bertz CT molecular complexity index is 382. The fourth-order valence-corrected chi connectivity index (χ4v) is 2.59. The van der Waals surface area contributed by atoms with E-state index in [-0.39, 0.29) is 0 Å². The Morgan fingerprint density at radius 1 is 1.35 bits per heavy atom. The Balaban J connectivity index is 1.79. The Hall–Kier alpha value is -0.280. The molecule has 0 saturated carbocycles. The van der Waals surface area contributed by atoms with Crippen LogP contribution in [0.15, 0.2) is 18.2 Å². The Morgan fingerprint density at radius 2 is 2.18 bits per heavy atom. The minimum atomic E-state index is 0.617. The molecule has 1 saturated heterocycles. The van der Waals surface area contributed by atoms with E-state index in [4.69, 9.17) is 23.2 Å². The van der Waals surface area contributed by atoms with Crippen LogP contribution >= 0.6 is 23.2 Å². The van der Waals surface area contributed by atoms with Crippen LogP contribution in [0.3, 0.4) is 0 Å². The van der Waals surface area contributed by atoms with Crippen molar-refractivity contribution in [3.05, 3.63) is 33.8 Å². The van der Waals surface area contributed by atoms with Gasteiger partial charge >= 0.3 is 0 Å². The van der Waals surface area contributed by atoms with Crippen molar-refractivity contribution in [3.8, 4) is 0 Å². The van der Waals surface area contributed by atoms with E-state index in [1.807, 2.05) is 18.2 Å². The number of nitrogens with one attached hydrogen (secondary N) is 1. The number of halogens is 2. The molecule has 1 aromatic carbocycles. The van der Waals surface area contributed by atoms with Crippen LogP contribution in [0.1, 0.15) is 18.4 Å². The molecule has 1 fully saturated rings. The molecular weight excluding hydrogens is 255 g/mol. The Morgan fingerprint density at radius 3 is 2.82 bits per heavy atom. The topological polar surface area (TPSA) is 15.3 Å². The summed E-state index contributed by atoms with van der Waals surface area (Å²) in [4.78, 5) is 2.42. The summed E-state index contributed by atoms with van der Waals surface area (Å²) in [7, 11) is 2.19. The predicted octanol–water partition coefficient (Wildman–Crippen LogP) is 3.18. The molecule has 2 rings (SSSR count). The molecular formula is C13H18Cl2N2. The third kappa shape index (κ3) is 3.59. The van der Waals surface area contributed by atoms with E-state index in [0.717, 1.165) is 13.1 Å². The van der Waals surface area contributed by atoms with Gasteiger partial charge in [0.05, 0.1) is 10.0 Å². The summed E-state index contributed by atoms with van der Waals surface area (Å²) >= 11 is 11.9. The molecule has 0 radical (unpaired) electrons. The molecule has 1 atom stereocenters. The zero-order valence-electron chi connectivity index (χ0n) is 10.0. The number of likely N-dealkylation sites (tertiary alicyclic amines) is 1. The smallest absolute Gasteiger partial charge is 0.0595 e. The van der Waals surface area contributed by atoms with Gasteiger partial charge in [-0.25, -0.2) is 0 Å². The number of nitrogens with zero attached hydrogens (tertiary/aromatic N) is 1. The third-order valence-corrected chi connectivity index (χ3v) is 4.10. The molecule has 0 spiro atoms. The lowest BCUT2D eigenvalue weighted by atomic mass is 10.2. The first-order valence-electron chi connectivity index (χ1n) is 6.01. The SMILES string of the molecule is CN1CCCC1CNCc1ccc(Cl)c(Cl)c1. The molecule has 2 nitrogen and oxygen atoms in total. The minimum absolute atomic E-state index is 0.617. The molecule has 1 heterocycles. The molecule has 0 amide bonds. The summed E-state index contributed by atoms with van der Waals surface area (Å²) in [6, 6.07) is 6.47. The quantitative estimate of drug-likeness (QED) is 0.906. The van der Waals surface area contributed by atoms with Gasteiger partial charge in [0.15, 0.2) is 0 Å². The van der Waals surface area contributed by atoms with Gasteiger partial charge in [-0.05, 0) is 44.1 Å². The largest absolute Gasteiger partial charge is 0.311 e. The highest BCUT2D eigenvalue weighted by Gasteiger charge is 2.19. The molecule has 0 aliphatic carbocycles. The summed E-state index contributed by atoms with van der Waals surface area (Å²) < 4.78 is 0. The average molecular weight is 273 g/mol. The van der Waals surface area contributed by atoms with Gasteiger partial charge in [0.1, 0.15) is 0 Å². The summed E-state index contributed by atoms with van der Waals surface area (Å²) in [5, 5.41) is 4.72. The maximum Gasteiger partial charge on any atom is 0.0595 e. The summed E-state index contributed by atoms with van der Waals surface area (Å²) in [6.45, 7) is 3.11. The maximum absolute atomic E-state index is 5.98. The molecule has 0 aromatic heterocycles. The van der Waals surface area contributed by atoms with Gasteiger partial charge in [-0.1, -0.05) is 29.3 Å². The molecule has 4 heteroatoms. The van der Waals surface area contributed by atoms with Crippen molar-refractivity contribution in [1.82, 2.24) is 10.2 Å². The van der Waals surface area contributed by atoms with Gasteiger partial charge in [-0.3, -0.25) is 0 Å². The van der Waals surface area contributed by atoms with E-state index in [1.165, 1.54) is 24.9 Å². The number of hydrogen-bond acceptors (Lipinski definition) is 2. The summed E-state index contributed by atoms with van der Waals surface area (Å²) in [5.41, 5.74) is 1.18. The molecule has 1 aromatic rings. The van der Waals surface area contributed by atoms with Gasteiger partial charge in [-0.2, -0.15) is 0 Å². The number of hydrogen-bond donors (Lipinski definition) is 1. The van der Waals surface area contributed by atoms with Crippen LogP contribution < -0.4 is 5.32 Å². The second-order valence-electron chi connectivity index (χ2n) is 4.66. The van der Waals surface area contributed by atoms with Crippen molar-refractivity contribution in [2.24, 2.45) is 0 Å². The lowest BCUT2D eigenvalue weighted by molar-refractivity contribution is 0.300.